The van der Waals surface area contributed by atoms with Crippen molar-refractivity contribution in [3.05, 3.63) is 64.4 Å². The van der Waals surface area contributed by atoms with Crippen LogP contribution in [0.4, 0.5) is 0 Å². The van der Waals surface area contributed by atoms with Gasteiger partial charge in [-0.1, -0.05) is 47.6 Å². The van der Waals surface area contributed by atoms with Crippen molar-refractivity contribution < 1.29 is 9.63 Å². The molecule has 0 aliphatic carbocycles. The number of hydrogen-bond acceptors (Lipinski definition) is 4. The number of carbonyl (C=O) groups is 1. The van der Waals surface area contributed by atoms with E-state index in [4.69, 9.17) is 4.84 Å². The first-order chi connectivity index (χ1) is 9.25. The molecule has 0 radical (unpaired) electrons. The fourth-order valence-corrected chi connectivity index (χ4v) is 1.96. The van der Waals surface area contributed by atoms with Crippen molar-refractivity contribution in [2.75, 3.05) is 0 Å². The summed E-state index contributed by atoms with van der Waals surface area (Å²) in [7, 11) is 0. The smallest absolute Gasteiger partial charge is 0.312 e. The predicted octanol–water partition coefficient (Wildman–Crippen LogP) is 3.99. The molecule has 0 atom stereocenters. The number of carbonyl (C=O) groups excluding carboxylic acids is 1. The lowest BCUT2D eigenvalue weighted by Gasteiger charge is -1.95. The first kappa shape index (κ1) is 13.2. The van der Waals surface area contributed by atoms with Gasteiger partial charge in [0.15, 0.2) is 0 Å². The number of allylic oxidation sites excluding steroid dienone is 1. The zero-order valence-electron chi connectivity index (χ0n) is 10.4. The standard InChI is InChI=1S/C15H13NO2S/c1-12(9-10-13-6-3-2-4-7-13)16-18-15(17)14-8-5-11-19-14/h2-11H,1H3/b10-9+,16-12-. The quantitative estimate of drug-likeness (QED) is 0.479. The van der Waals surface area contributed by atoms with Gasteiger partial charge in [-0.2, -0.15) is 0 Å². The Kier molecular flexibility index (Phi) is 4.64. The molecule has 0 saturated carbocycles. The molecular weight excluding hydrogens is 258 g/mol. The topological polar surface area (TPSA) is 38.7 Å². The van der Waals surface area contributed by atoms with Crippen molar-refractivity contribution in [1.82, 2.24) is 0 Å². The summed E-state index contributed by atoms with van der Waals surface area (Å²) in [5, 5.41) is 5.60. The summed E-state index contributed by atoms with van der Waals surface area (Å²) < 4.78 is 0. The van der Waals surface area contributed by atoms with Gasteiger partial charge in [-0.3, -0.25) is 0 Å². The third-order valence-electron chi connectivity index (χ3n) is 2.31. The Morgan fingerprint density at radius 1 is 1.21 bits per heavy atom. The third-order valence-corrected chi connectivity index (χ3v) is 3.16. The second kappa shape index (κ2) is 6.66. The van der Waals surface area contributed by atoms with Gasteiger partial charge in [-0.25, -0.2) is 4.79 Å². The SMILES string of the molecule is CC(/C=C/c1ccccc1)=N/OC(=O)c1cccs1. The molecule has 2 rings (SSSR count). The van der Waals surface area contributed by atoms with Crippen LogP contribution >= 0.6 is 11.3 Å². The fourth-order valence-electron chi connectivity index (χ4n) is 1.36. The van der Waals surface area contributed by atoms with E-state index in [2.05, 4.69) is 5.16 Å². The van der Waals surface area contributed by atoms with E-state index in [-0.39, 0.29) is 0 Å². The number of hydrogen-bond donors (Lipinski definition) is 0. The normalized spacial score (nSPS) is 11.7. The zero-order valence-corrected chi connectivity index (χ0v) is 11.3. The molecule has 96 valence electrons. The molecule has 3 nitrogen and oxygen atoms in total. The van der Waals surface area contributed by atoms with E-state index in [1.807, 2.05) is 41.8 Å². The van der Waals surface area contributed by atoms with Gasteiger partial charge in [-0.15, -0.1) is 11.3 Å². The first-order valence-corrected chi connectivity index (χ1v) is 6.66. The van der Waals surface area contributed by atoms with Crippen molar-refractivity contribution in [3.8, 4) is 0 Å². The van der Waals surface area contributed by atoms with Gasteiger partial charge in [0, 0.05) is 0 Å². The largest absolute Gasteiger partial charge is 0.375 e. The van der Waals surface area contributed by atoms with Gasteiger partial charge in [0.1, 0.15) is 4.88 Å². The summed E-state index contributed by atoms with van der Waals surface area (Å²) in [5.74, 6) is -0.428. The molecule has 0 N–H and O–H groups in total. The highest BCUT2D eigenvalue weighted by atomic mass is 32.1. The van der Waals surface area contributed by atoms with Gasteiger partial charge in [0.2, 0.25) is 0 Å². The summed E-state index contributed by atoms with van der Waals surface area (Å²) in [6.45, 7) is 1.78. The number of thiophene rings is 1. The molecule has 0 amide bonds. The monoisotopic (exact) mass is 271 g/mol. The van der Waals surface area contributed by atoms with Crippen LogP contribution in [0.25, 0.3) is 6.08 Å². The summed E-state index contributed by atoms with van der Waals surface area (Å²) >= 11 is 1.33. The molecule has 1 heterocycles. The second-order valence-electron chi connectivity index (χ2n) is 3.83. The third kappa shape index (κ3) is 4.19. The fraction of sp³-hybridized carbons (Fsp3) is 0.0667. The van der Waals surface area contributed by atoms with E-state index < -0.39 is 5.97 Å². The molecule has 1 aromatic carbocycles. The summed E-state index contributed by atoms with van der Waals surface area (Å²) in [6.07, 6.45) is 3.72. The average Bonchev–Trinajstić information content (AvgIpc) is 2.98. The van der Waals surface area contributed by atoms with E-state index in [1.165, 1.54) is 11.3 Å². The van der Waals surface area contributed by atoms with Crippen LogP contribution in [0, 0.1) is 0 Å². The van der Waals surface area contributed by atoms with E-state index >= 15 is 0 Å². The van der Waals surface area contributed by atoms with Gasteiger partial charge >= 0.3 is 5.97 Å². The molecule has 0 bridgehead atoms. The lowest BCUT2D eigenvalue weighted by Crippen LogP contribution is -1.99. The Morgan fingerprint density at radius 3 is 2.68 bits per heavy atom. The van der Waals surface area contributed by atoms with Crippen LogP contribution in [0.3, 0.4) is 0 Å². The number of oxime groups is 1. The van der Waals surface area contributed by atoms with Gasteiger partial charge in [-0.05, 0) is 30.0 Å². The Balaban J connectivity index is 1.93. The minimum atomic E-state index is -0.428. The second-order valence-corrected chi connectivity index (χ2v) is 4.78. The molecule has 1 aromatic heterocycles. The van der Waals surface area contributed by atoms with Crippen LogP contribution in [0.1, 0.15) is 22.2 Å². The molecule has 0 fully saturated rings. The molecule has 0 unspecified atom stereocenters. The van der Waals surface area contributed by atoms with Crippen LogP contribution < -0.4 is 0 Å². The van der Waals surface area contributed by atoms with Crippen molar-refractivity contribution in [3.63, 3.8) is 0 Å². The lowest BCUT2D eigenvalue weighted by molar-refractivity contribution is 0.0522. The Labute approximate surface area is 115 Å². The summed E-state index contributed by atoms with van der Waals surface area (Å²) in [6, 6.07) is 13.4. The minimum Gasteiger partial charge on any atom is -0.312 e. The van der Waals surface area contributed by atoms with Crippen molar-refractivity contribution in [2.45, 2.75) is 6.92 Å². The van der Waals surface area contributed by atoms with Crippen LogP contribution in [-0.2, 0) is 4.84 Å². The average molecular weight is 271 g/mol. The van der Waals surface area contributed by atoms with Gasteiger partial charge < -0.3 is 4.84 Å². The van der Waals surface area contributed by atoms with Gasteiger partial charge in [0.25, 0.3) is 0 Å². The van der Waals surface area contributed by atoms with E-state index in [9.17, 15) is 4.79 Å². The highest BCUT2D eigenvalue weighted by Gasteiger charge is 2.07. The van der Waals surface area contributed by atoms with E-state index in [1.54, 1.807) is 25.1 Å². The van der Waals surface area contributed by atoms with Crippen LogP contribution in [-0.4, -0.2) is 11.7 Å². The number of nitrogens with zero attached hydrogens (tertiary/aromatic N) is 1. The predicted molar refractivity (Wildman–Crippen MR) is 78.3 cm³/mol. The molecule has 19 heavy (non-hydrogen) atoms. The Hall–Kier alpha value is -2.20. The Morgan fingerprint density at radius 2 is 2.00 bits per heavy atom. The highest BCUT2D eigenvalue weighted by molar-refractivity contribution is 7.11. The maximum Gasteiger partial charge on any atom is 0.375 e. The van der Waals surface area contributed by atoms with E-state index in [0.717, 1.165) is 5.56 Å². The van der Waals surface area contributed by atoms with Gasteiger partial charge in [0.05, 0.1) is 5.71 Å². The maximum atomic E-state index is 11.5. The summed E-state index contributed by atoms with van der Waals surface area (Å²) in [4.78, 5) is 16.9. The number of benzene rings is 1. The minimum absolute atomic E-state index is 0.428. The molecule has 0 spiro atoms. The molecule has 0 aliphatic heterocycles. The Bertz CT molecular complexity index is 586. The van der Waals surface area contributed by atoms with Crippen molar-refractivity contribution in [1.29, 1.82) is 0 Å². The van der Waals surface area contributed by atoms with Crippen LogP contribution in [0.2, 0.25) is 0 Å². The van der Waals surface area contributed by atoms with Crippen molar-refractivity contribution >= 4 is 29.1 Å². The molecule has 0 saturated heterocycles. The first-order valence-electron chi connectivity index (χ1n) is 5.78. The molecular formula is C15H13NO2S. The number of rotatable bonds is 4. The highest BCUT2D eigenvalue weighted by Crippen LogP contribution is 2.10. The molecule has 0 aliphatic rings. The molecule has 4 heteroatoms. The zero-order chi connectivity index (χ0) is 13.5. The van der Waals surface area contributed by atoms with Crippen molar-refractivity contribution in [2.24, 2.45) is 5.16 Å². The molecule has 2 aromatic rings. The summed E-state index contributed by atoms with van der Waals surface area (Å²) in [5.41, 5.74) is 1.70. The van der Waals surface area contributed by atoms with Crippen LogP contribution in [0.15, 0.2) is 59.1 Å². The lowest BCUT2D eigenvalue weighted by atomic mass is 10.2. The maximum absolute atomic E-state index is 11.5. The van der Waals surface area contributed by atoms with E-state index in [0.29, 0.717) is 10.6 Å². The van der Waals surface area contributed by atoms with Crippen LogP contribution in [0.5, 0.6) is 0 Å².